The van der Waals surface area contributed by atoms with Gasteiger partial charge in [0.1, 0.15) is 0 Å². The van der Waals surface area contributed by atoms with Crippen molar-refractivity contribution in [3.63, 3.8) is 0 Å². The van der Waals surface area contributed by atoms with Crippen LogP contribution in [0.5, 0.6) is 0 Å². The highest BCUT2D eigenvalue weighted by atomic mass is 16.3. The summed E-state index contributed by atoms with van der Waals surface area (Å²) in [5.74, 6) is 0. The molecule has 100 valence electrons. The van der Waals surface area contributed by atoms with Crippen LogP contribution in [0.4, 0.5) is 0 Å². The van der Waals surface area contributed by atoms with E-state index in [-0.39, 0.29) is 6.04 Å². The van der Waals surface area contributed by atoms with E-state index in [4.69, 9.17) is 0 Å². The van der Waals surface area contributed by atoms with Crippen molar-refractivity contribution >= 4 is 10.8 Å². The summed E-state index contributed by atoms with van der Waals surface area (Å²) in [4.78, 5) is 0. The van der Waals surface area contributed by atoms with E-state index in [9.17, 15) is 5.11 Å². The fraction of sp³-hybridized carbons (Fsp3) is 0.412. The Kier molecular flexibility index (Phi) is 3.54. The van der Waals surface area contributed by atoms with Gasteiger partial charge in [-0.05, 0) is 34.9 Å². The van der Waals surface area contributed by atoms with Gasteiger partial charge in [-0.15, -0.1) is 0 Å². The van der Waals surface area contributed by atoms with Gasteiger partial charge in [-0.2, -0.15) is 0 Å². The summed E-state index contributed by atoms with van der Waals surface area (Å²) >= 11 is 0. The van der Waals surface area contributed by atoms with Crippen molar-refractivity contribution in [3.8, 4) is 0 Å². The second-order valence-corrected chi connectivity index (χ2v) is 5.38. The van der Waals surface area contributed by atoms with Crippen LogP contribution in [0, 0.1) is 0 Å². The molecule has 0 radical (unpaired) electrons. The molecule has 2 N–H and O–H groups in total. The van der Waals surface area contributed by atoms with Crippen LogP contribution in [-0.4, -0.2) is 11.7 Å². The predicted molar refractivity (Wildman–Crippen MR) is 79.2 cm³/mol. The lowest BCUT2D eigenvalue weighted by molar-refractivity contribution is 0.137. The van der Waals surface area contributed by atoms with Crippen LogP contribution in [0.1, 0.15) is 49.5 Å². The molecular weight excluding hydrogens is 234 g/mol. The maximum atomic E-state index is 10.5. The Hall–Kier alpha value is -1.38. The summed E-state index contributed by atoms with van der Waals surface area (Å²) < 4.78 is 0. The van der Waals surface area contributed by atoms with Crippen LogP contribution in [-0.2, 0) is 0 Å². The van der Waals surface area contributed by atoms with Crippen molar-refractivity contribution in [1.29, 1.82) is 0 Å². The first-order valence-electron chi connectivity index (χ1n) is 7.26. The molecule has 0 fully saturated rings. The summed E-state index contributed by atoms with van der Waals surface area (Å²) in [5.41, 5.74) is 2.32. The van der Waals surface area contributed by atoms with E-state index in [0.717, 1.165) is 12.1 Å². The van der Waals surface area contributed by atoms with E-state index in [1.165, 1.54) is 35.6 Å². The molecule has 0 amide bonds. The lowest BCUT2D eigenvalue weighted by Gasteiger charge is -2.18. The molecule has 2 aromatic carbocycles. The highest BCUT2D eigenvalue weighted by Crippen LogP contribution is 2.43. The molecule has 0 bridgehead atoms. The lowest BCUT2D eigenvalue weighted by Crippen LogP contribution is -2.25. The maximum Gasteiger partial charge on any atom is 0.0991 e. The SMILES string of the molecule is CCCCCNC1c2cccc3cccc(c23)C1O. The predicted octanol–water partition coefficient (Wildman–Crippen LogP) is 3.71. The molecule has 2 unspecified atom stereocenters. The third kappa shape index (κ3) is 2.15. The van der Waals surface area contributed by atoms with Gasteiger partial charge in [0.25, 0.3) is 0 Å². The molecule has 2 nitrogen and oxygen atoms in total. The molecule has 0 saturated carbocycles. The van der Waals surface area contributed by atoms with Crippen LogP contribution in [0.25, 0.3) is 10.8 Å². The smallest absolute Gasteiger partial charge is 0.0991 e. The molecule has 1 aliphatic carbocycles. The number of hydrogen-bond acceptors (Lipinski definition) is 2. The normalized spacial score (nSPS) is 21.2. The Labute approximate surface area is 114 Å². The monoisotopic (exact) mass is 255 g/mol. The van der Waals surface area contributed by atoms with Crippen molar-refractivity contribution in [2.24, 2.45) is 0 Å². The summed E-state index contributed by atoms with van der Waals surface area (Å²) in [6.45, 7) is 3.18. The molecule has 2 aromatic rings. The fourth-order valence-corrected chi connectivity index (χ4v) is 3.11. The number of benzene rings is 2. The van der Waals surface area contributed by atoms with E-state index in [0.29, 0.717) is 0 Å². The Morgan fingerprint density at radius 1 is 1.05 bits per heavy atom. The second kappa shape index (κ2) is 5.32. The van der Waals surface area contributed by atoms with Gasteiger partial charge in [-0.1, -0.05) is 56.2 Å². The molecule has 0 aliphatic heterocycles. The van der Waals surface area contributed by atoms with Crippen molar-refractivity contribution in [2.45, 2.75) is 38.3 Å². The third-order valence-electron chi connectivity index (χ3n) is 4.08. The Morgan fingerprint density at radius 3 is 2.53 bits per heavy atom. The first-order valence-corrected chi connectivity index (χ1v) is 7.26. The van der Waals surface area contributed by atoms with Crippen LogP contribution in [0.15, 0.2) is 36.4 Å². The van der Waals surface area contributed by atoms with Gasteiger partial charge < -0.3 is 10.4 Å². The zero-order valence-corrected chi connectivity index (χ0v) is 11.4. The molecule has 0 saturated heterocycles. The van der Waals surface area contributed by atoms with Crippen molar-refractivity contribution in [2.75, 3.05) is 6.54 Å². The number of nitrogens with one attached hydrogen (secondary N) is 1. The largest absolute Gasteiger partial charge is 0.386 e. The topological polar surface area (TPSA) is 32.3 Å². The molecular formula is C17H21NO. The third-order valence-corrected chi connectivity index (χ3v) is 4.08. The van der Waals surface area contributed by atoms with Crippen LogP contribution in [0.2, 0.25) is 0 Å². The van der Waals surface area contributed by atoms with E-state index in [1.54, 1.807) is 0 Å². The first-order chi connectivity index (χ1) is 9.33. The summed E-state index contributed by atoms with van der Waals surface area (Å²) in [6, 6.07) is 12.6. The number of hydrogen-bond donors (Lipinski definition) is 2. The Balaban J connectivity index is 1.88. The molecule has 0 aromatic heterocycles. The number of aliphatic hydroxyl groups excluding tert-OH is 1. The Bertz CT molecular complexity index is 573. The van der Waals surface area contributed by atoms with E-state index in [1.807, 2.05) is 12.1 Å². The Morgan fingerprint density at radius 2 is 1.79 bits per heavy atom. The quantitative estimate of drug-likeness (QED) is 0.798. The van der Waals surface area contributed by atoms with E-state index in [2.05, 4.69) is 36.5 Å². The molecule has 2 atom stereocenters. The molecule has 1 aliphatic rings. The summed E-state index contributed by atoms with van der Waals surface area (Å²) in [7, 11) is 0. The maximum absolute atomic E-state index is 10.5. The van der Waals surface area contributed by atoms with Gasteiger partial charge in [-0.3, -0.25) is 0 Å². The van der Waals surface area contributed by atoms with Crippen molar-refractivity contribution in [1.82, 2.24) is 5.32 Å². The summed E-state index contributed by atoms with van der Waals surface area (Å²) in [5, 5.41) is 16.5. The minimum atomic E-state index is -0.414. The fourth-order valence-electron chi connectivity index (χ4n) is 3.11. The van der Waals surface area contributed by atoms with Crippen LogP contribution < -0.4 is 5.32 Å². The second-order valence-electron chi connectivity index (χ2n) is 5.38. The number of aliphatic hydroxyl groups is 1. The van der Waals surface area contributed by atoms with Gasteiger partial charge in [0.15, 0.2) is 0 Å². The highest BCUT2D eigenvalue weighted by Gasteiger charge is 2.32. The minimum Gasteiger partial charge on any atom is -0.386 e. The van der Waals surface area contributed by atoms with Gasteiger partial charge in [0, 0.05) is 0 Å². The van der Waals surface area contributed by atoms with Gasteiger partial charge in [-0.25, -0.2) is 0 Å². The average molecular weight is 255 g/mol. The van der Waals surface area contributed by atoms with Crippen molar-refractivity contribution < 1.29 is 5.11 Å². The van der Waals surface area contributed by atoms with Gasteiger partial charge >= 0.3 is 0 Å². The molecule has 0 heterocycles. The lowest BCUT2D eigenvalue weighted by atomic mass is 10.0. The highest BCUT2D eigenvalue weighted by molar-refractivity contribution is 5.91. The number of unbranched alkanes of at least 4 members (excludes halogenated alkanes) is 2. The zero-order valence-electron chi connectivity index (χ0n) is 11.4. The molecule has 3 rings (SSSR count). The zero-order chi connectivity index (χ0) is 13.2. The van der Waals surface area contributed by atoms with Crippen molar-refractivity contribution in [3.05, 3.63) is 47.5 Å². The van der Waals surface area contributed by atoms with Crippen LogP contribution in [0.3, 0.4) is 0 Å². The van der Waals surface area contributed by atoms with Gasteiger partial charge in [0.2, 0.25) is 0 Å². The van der Waals surface area contributed by atoms with Crippen LogP contribution >= 0.6 is 0 Å². The molecule has 0 spiro atoms. The average Bonchev–Trinajstić information content (AvgIpc) is 2.71. The number of rotatable bonds is 5. The molecule has 19 heavy (non-hydrogen) atoms. The van der Waals surface area contributed by atoms with E-state index >= 15 is 0 Å². The van der Waals surface area contributed by atoms with Gasteiger partial charge in [0.05, 0.1) is 12.1 Å². The summed E-state index contributed by atoms with van der Waals surface area (Å²) in [6.07, 6.45) is 3.23. The minimum absolute atomic E-state index is 0.0537. The first kappa shape index (κ1) is 12.6. The van der Waals surface area contributed by atoms with E-state index < -0.39 is 6.10 Å². The standard InChI is InChI=1S/C17H21NO/c1-2-3-4-11-18-16-13-9-5-7-12-8-6-10-14(15(12)13)17(16)19/h5-10,16-19H,2-4,11H2,1H3. The molecule has 2 heteroatoms.